The molecule has 0 aliphatic rings. The zero-order valence-corrected chi connectivity index (χ0v) is 13.7. The smallest absolute Gasteiger partial charge is 0.339 e. The Morgan fingerprint density at radius 2 is 1.80 bits per heavy atom. The number of aromatic hydroxyl groups is 1. The van der Waals surface area contributed by atoms with Crippen molar-refractivity contribution in [1.29, 1.82) is 0 Å². The normalized spacial score (nSPS) is 10.5. The summed E-state index contributed by atoms with van der Waals surface area (Å²) in [5, 5.41) is 17.5. The van der Waals surface area contributed by atoms with Gasteiger partial charge in [0.1, 0.15) is 11.3 Å². The van der Waals surface area contributed by atoms with Crippen LogP contribution in [0.1, 0.15) is 10.4 Å². The Hall–Kier alpha value is -0.665. The molecule has 3 N–H and O–H groups in total. The Kier molecular flexibility index (Phi) is 4.69. The van der Waals surface area contributed by atoms with Crippen LogP contribution in [-0.4, -0.2) is 29.2 Å². The fourth-order valence-corrected chi connectivity index (χ4v) is 1.35. The van der Waals surface area contributed by atoms with Crippen molar-refractivity contribution in [1.82, 2.24) is 0 Å². The van der Waals surface area contributed by atoms with E-state index in [1.165, 1.54) is 0 Å². The van der Waals surface area contributed by atoms with Gasteiger partial charge in [-0.25, -0.2) is 4.79 Å². The van der Waals surface area contributed by atoms with Gasteiger partial charge in [-0.15, -0.1) is 0 Å². The molecule has 8 heteroatoms. The molecule has 0 aliphatic carbocycles. The number of carbonyl (C=O) groups is 1. The fourth-order valence-electron chi connectivity index (χ4n) is 0.847. The van der Waals surface area contributed by atoms with Crippen LogP contribution >= 0.6 is 0 Å². The molecule has 0 saturated heterocycles. The van der Waals surface area contributed by atoms with Gasteiger partial charge >= 0.3 is 5.97 Å². The molecule has 0 heterocycles. The van der Waals surface area contributed by atoms with E-state index < -0.39 is 32.3 Å². The van der Waals surface area contributed by atoms with Crippen molar-refractivity contribution in [2.45, 2.75) is 4.90 Å². The summed E-state index contributed by atoms with van der Waals surface area (Å²) >= 11 is 0. The summed E-state index contributed by atoms with van der Waals surface area (Å²) in [6.07, 6.45) is 0. The van der Waals surface area contributed by atoms with Crippen LogP contribution in [0, 0.1) is 0 Å². The third kappa shape index (κ3) is 3.43. The molecule has 1 aromatic rings. The van der Waals surface area contributed by atoms with Gasteiger partial charge in [0, 0.05) is 27.7 Å². The molecule has 0 aliphatic heterocycles. The van der Waals surface area contributed by atoms with Crippen LogP contribution in [0.15, 0.2) is 23.1 Å². The second-order valence-corrected chi connectivity index (χ2v) is 3.88. The van der Waals surface area contributed by atoms with Crippen molar-refractivity contribution in [3.05, 3.63) is 23.8 Å². The Morgan fingerprint density at radius 3 is 2.20 bits per heavy atom. The number of hydrogen-bond acceptors (Lipinski definition) is 4. The monoisotopic (exact) mass is 420 g/mol. The Balaban J connectivity index is 0.00000196. The molecular formula is C7H6HgO6S. The molecule has 6 nitrogen and oxygen atoms in total. The first-order valence-corrected chi connectivity index (χ1v) is 4.80. The van der Waals surface area contributed by atoms with Crippen LogP contribution in [0.4, 0.5) is 0 Å². The van der Waals surface area contributed by atoms with Crippen LogP contribution in [0.5, 0.6) is 5.75 Å². The van der Waals surface area contributed by atoms with E-state index in [0.717, 1.165) is 12.1 Å². The van der Waals surface area contributed by atoms with E-state index in [1.807, 2.05) is 0 Å². The van der Waals surface area contributed by atoms with Gasteiger partial charge in [0.05, 0.1) is 4.90 Å². The molecule has 0 saturated carbocycles. The largest absolute Gasteiger partial charge is 0.507 e. The van der Waals surface area contributed by atoms with Crippen molar-refractivity contribution in [3.8, 4) is 5.75 Å². The van der Waals surface area contributed by atoms with E-state index in [1.54, 1.807) is 0 Å². The molecule has 0 spiro atoms. The number of hydrogen-bond donors (Lipinski definition) is 3. The van der Waals surface area contributed by atoms with Gasteiger partial charge < -0.3 is 10.2 Å². The van der Waals surface area contributed by atoms with Gasteiger partial charge in [-0.1, -0.05) is 0 Å². The van der Waals surface area contributed by atoms with Gasteiger partial charge in [0.2, 0.25) is 0 Å². The third-order valence-electron chi connectivity index (χ3n) is 1.50. The molecule has 0 atom stereocenters. The predicted molar refractivity (Wildman–Crippen MR) is 44.9 cm³/mol. The van der Waals surface area contributed by atoms with Crippen LogP contribution in [-0.2, 0) is 37.8 Å². The van der Waals surface area contributed by atoms with Crippen molar-refractivity contribution in [3.63, 3.8) is 0 Å². The van der Waals surface area contributed by atoms with Crippen molar-refractivity contribution >= 4 is 16.1 Å². The van der Waals surface area contributed by atoms with E-state index in [4.69, 9.17) is 14.8 Å². The quantitative estimate of drug-likeness (QED) is 0.471. The van der Waals surface area contributed by atoms with Gasteiger partial charge in [0.25, 0.3) is 10.1 Å². The maximum atomic E-state index is 10.6. The van der Waals surface area contributed by atoms with Gasteiger partial charge in [0.15, 0.2) is 0 Å². The minimum atomic E-state index is -4.45. The SMILES string of the molecule is O=C(O)c1cc(S(=O)(=O)O)ccc1O.[Hg]. The standard InChI is InChI=1S/C7H6O6S.Hg/c8-6-2-1-4(14(11,12)13)3-5(6)7(9)10;/h1-3,8H,(H,9,10)(H,11,12,13);. The molecule has 78 valence electrons. The third-order valence-corrected chi connectivity index (χ3v) is 2.35. The van der Waals surface area contributed by atoms with E-state index in [-0.39, 0.29) is 27.7 Å². The van der Waals surface area contributed by atoms with Crippen molar-refractivity contribution in [2.75, 3.05) is 0 Å². The second-order valence-electron chi connectivity index (χ2n) is 2.46. The number of aromatic carboxylic acids is 1. The zero-order valence-electron chi connectivity index (χ0n) is 7.41. The van der Waals surface area contributed by atoms with Crippen LogP contribution in [0.25, 0.3) is 0 Å². The summed E-state index contributed by atoms with van der Waals surface area (Å²) in [6.45, 7) is 0. The summed E-state index contributed by atoms with van der Waals surface area (Å²) in [5.74, 6) is -2.04. The minimum Gasteiger partial charge on any atom is -0.507 e. The maximum absolute atomic E-state index is 10.6. The van der Waals surface area contributed by atoms with Crippen molar-refractivity contribution < 1.29 is 55.6 Å². The summed E-state index contributed by atoms with van der Waals surface area (Å²) in [5.41, 5.74) is -0.583. The maximum Gasteiger partial charge on any atom is 0.339 e. The average molecular weight is 419 g/mol. The number of carboxylic acids is 1. The molecule has 1 rings (SSSR count). The minimum absolute atomic E-state index is 0. The first-order valence-electron chi connectivity index (χ1n) is 3.36. The molecule has 1 aromatic carbocycles. The predicted octanol–water partition coefficient (Wildman–Crippen LogP) is 0.335. The Labute approximate surface area is 106 Å². The Bertz CT molecular complexity index is 480. The number of carboxylic acid groups (broad SMARTS) is 1. The number of benzene rings is 1. The number of rotatable bonds is 2. The van der Waals surface area contributed by atoms with E-state index >= 15 is 0 Å². The number of phenols is 1. The molecule has 15 heavy (non-hydrogen) atoms. The van der Waals surface area contributed by atoms with Crippen LogP contribution in [0.2, 0.25) is 0 Å². The second kappa shape index (κ2) is 4.91. The summed E-state index contributed by atoms with van der Waals surface area (Å²) < 4.78 is 29.8. The van der Waals surface area contributed by atoms with E-state index in [9.17, 15) is 13.2 Å². The fraction of sp³-hybridized carbons (Fsp3) is 0. The first kappa shape index (κ1) is 14.3. The summed E-state index contributed by atoms with van der Waals surface area (Å²) in [6, 6.07) is 2.46. The topological polar surface area (TPSA) is 112 Å². The van der Waals surface area contributed by atoms with Gasteiger partial charge in [-0.2, -0.15) is 8.42 Å². The van der Waals surface area contributed by atoms with E-state index in [2.05, 4.69) is 0 Å². The summed E-state index contributed by atoms with van der Waals surface area (Å²) in [7, 11) is -4.45. The van der Waals surface area contributed by atoms with Crippen LogP contribution in [0.3, 0.4) is 0 Å². The average Bonchev–Trinajstić information content (AvgIpc) is 2.02. The Morgan fingerprint density at radius 1 is 1.27 bits per heavy atom. The molecule has 0 bridgehead atoms. The van der Waals surface area contributed by atoms with E-state index in [0.29, 0.717) is 6.07 Å². The molecule has 0 radical (unpaired) electrons. The molecule has 0 amide bonds. The first-order chi connectivity index (χ1) is 6.32. The van der Waals surface area contributed by atoms with Crippen LogP contribution < -0.4 is 0 Å². The molecule has 0 aromatic heterocycles. The van der Waals surface area contributed by atoms with Crippen molar-refractivity contribution in [2.24, 2.45) is 0 Å². The summed E-state index contributed by atoms with van der Waals surface area (Å²) in [4.78, 5) is 9.89. The molecule has 0 fully saturated rings. The van der Waals surface area contributed by atoms with Gasteiger partial charge in [-0.05, 0) is 18.2 Å². The molecular weight excluding hydrogens is 413 g/mol. The molecule has 0 unspecified atom stereocenters. The van der Waals surface area contributed by atoms with Gasteiger partial charge in [-0.3, -0.25) is 4.55 Å². The zero-order chi connectivity index (χ0) is 10.9.